The Morgan fingerprint density at radius 2 is 2.14 bits per heavy atom. The van der Waals surface area contributed by atoms with Crippen molar-refractivity contribution >= 4 is 35.6 Å². The first-order valence-corrected chi connectivity index (χ1v) is 4.67. The van der Waals surface area contributed by atoms with Crippen LogP contribution in [0.1, 0.15) is 11.1 Å². The maximum absolute atomic E-state index is 5.39. The van der Waals surface area contributed by atoms with Crippen molar-refractivity contribution in [2.45, 2.75) is 13.8 Å². The highest BCUT2D eigenvalue weighted by atomic mass is 16.3. The van der Waals surface area contributed by atoms with Crippen LogP contribution in [0.3, 0.4) is 0 Å². The largest absolute Gasteiger partial charge is 0.443 e. The van der Waals surface area contributed by atoms with E-state index in [1.807, 2.05) is 13.0 Å². The Morgan fingerprint density at radius 3 is 3.00 bits per heavy atom. The molecular formula is C10H9BN2O. The van der Waals surface area contributed by atoms with Crippen molar-refractivity contribution in [2.75, 3.05) is 0 Å². The van der Waals surface area contributed by atoms with E-state index >= 15 is 0 Å². The van der Waals surface area contributed by atoms with Gasteiger partial charge in [0.1, 0.15) is 5.52 Å². The number of aromatic nitrogens is 1. The van der Waals surface area contributed by atoms with Gasteiger partial charge in [-0.2, -0.15) is 0 Å². The highest BCUT2D eigenvalue weighted by Gasteiger charge is 2.19. The zero-order valence-corrected chi connectivity index (χ0v) is 8.16. The lowest BCUT2D eigenvalue weighted by Crippen LogP contribution is -2.15. The van der Waals surface area contributed by atoms with Crippen LogP contribution in [-0.2, 0) is 0 Å². The average molecular weight is 184 g/mol. The molecule has 0 bridgehead atoms. The first-order chi connectivity index (χ1) is 6.79. The smallest absolute Gasteiger partial charge is 0.210 e. The minimum absolute atomic E-state index is 0.909. The third-order valence-corrected chi connectivity index (χ3v) is 2.87. The summed E-state index contributed by atoms with van der Waals surface area (Å²) in [5.74, 6) is 0. The summed E-state index contributed by atoms with van der Waals surface area (Å²) in [5, 5.41) is 0. The maximum atomic E-state index is 5.39. The highest BCUT2D eigenvalue weighted by Crippen LogP contribution is 2.28. The molecule has 1 aliphatic rings. The van der Waals surface area contributed by atoms with E-state index in [0.717, 1.165) is 29.6 Å². The predicted molar refractivity (Wildman–Crippen MR) is 58.4 cm³/mol. The molecule has 0 N–H and O–H groups in total. The van der Waals surface area contributed by atoms with Gasteiger partial charge in [0.05, 0.1) is 5.69 Å². The third kappa shape index (κ3) is 0.781. The first-order valence-electron chi connectivity index (χ1n) is 4.67. The zero-order valence-electron chi connectivity index (χ0n) is 8.16. The molecule has 0 saturated heterocycles. The first kappa shape index (κ1) is 7.79. The quantitative estimate of drug-likeness (QED) is 0.576. The lowest BCUT2D eigenvalue weighted by atomic mass is 9.70. The molecular weight excluding hydrogens is 175 g/mol. The van der Waals surface area contributed by atoms with Gasteiger partial charge in [-0.05, 0) is 31.0 Å². The van der Waals surface area contributed by atoms with Crippen LogP contribution in [0.4, 0.5) is 5.69 Å². The van der Waals surface area contributed by atoms with E-state index in [-0.39, 0.29) is 0 Å². The van der Waals surface area contributed by atoms with Crippen molar-refractivity contribution in [2.24, 2.45) is 4.99 Å². The van der Waals surface area contributed by atoms with Crippen LogP contribution < -0.4 is 5.46 Å². The lowest BCUT2D eigenvalue weighted by Gasteiger charge is -2.06. The number of hydrogen-bond donors (Lipinski definition) is 0. The fraction of sp³-hybridized carbons (Fsp3) is 0.200. The molecule has 0 aliphatic carbocycles. The predicted octanol–water partition coefficient (Wildman–Crippen LogP) is 1.18. The molecule has 1 aromatic carbocycles. The molecule has 2 heterocycles. The Labute approximate surface area is 82.1 Å². The van der Waals surface area contributed by atoms with Crippen molar-refractivity contribution in [3.63, 3.8) is 0 Å². The van der Waals surface area contributed by atoms with E-state index in [2.05, 4.69) is 16.9 Å². The van der Waals surface area contributed by atoms with Gasteiger partial charge in [-0.1, -0.05) is 0 Å². The molecule has 68 valence electrons. The van der Waals surface area contributed by atoms with Crippen LogP contribution in [0.2, 0.25) is 0 Å². The number of aliphatic imine (C=N–C) groups is 1. The van der Waals surface area contributed by atoms with Gasteiger partial charge >= 0.3 is 0 Å². The molecule has 1 aliphatic heterocycles. The van der Waals surface area contributed by atoms with E-state index < -0.39 is 0 Å². The molecule has 14 heavy (non-hydrogen) atoms. The van der Waals surface area contributed by atoms with Crippen LogP contribution >= 0.6 is 0 Å². The van der Waals surface area contributed by atoms with Crippen LogP contribution in [-0.4, -0.2) is 18.4 Å². The number of fused-ring (bicyclic) bond motifs is 2. The van der Waals surface area contributed by atoms with Gasteiger partial charge in [0.15, 0.2) is 12.0 Å². The minimum Gasteiger partial charge on any atom is -0.443 e. The van der Waals surface area contributed by atoms with E-state index in [4.69, 9.17) is 4.42 Å². The Kier molecular flexibility index (Phi) is 1.37. The van der Waals surface area contributed by atoms with Gasteiger partial charge in [0, 0.05) is 5.56 Å². The van der Waals surface area contributed by atoms with Crippen molar-refractivity contribution in [1.29, 1.82) is 0 Å². The number of benzene rings is 1. The monoisotopic (exact) mass is 184 g/mol. The highest BCUT2D eigenvalue weighted by molar-refractivity contribution is 6.83. The zero-order chi connectivity index (χ0) is 9.71. The summed E-state index contributed by atoms with van der Waals surface area (Å²) in [6.45, 7) is 4.12. The number of nitrogens with zero attached hydrogens (tertiary/aromatic N) is 2. The molecule has 3 nitrogen and oxygen atoms in total. The maximum Gasteiger partial charge on any atom is 0.210 e. The van der Waals surface area contributed by atoms with Crippen LogP contribution in [0.25, 0.3) is 11.1 Å². The van der Waals surface area contributed by atoms with Crippen molar-refractivity contribution in [3.8, 4) is 0 Å². The molecule has 3 rings (SSSR count). The number of hydrogen-bond acceptors (Lipinski definition) is 3. The summed E-state index contributed by atoms with van der Waals surface area (Å²) in [6.07, 6.45) is 3.45. The Hall–Kier alpha value is -1.58. The Balaban J connectivity index is 2.55. The SMILES string of the molecule is Cc1c2c(c(C)c3ocnc13)BC=N2. The van der Waals surface area contributed by atoms with Crippen LogP contribution in [0.15, 0.2) is 15.8 Å². The van der Waals surface area contributed by atoms with E-state index in [1.54, 1.807) is 0 Å². The second-order valence-corrected chi connectivity index (χ2v) is 3.62. The van der Waals surface area contributed by atoms with Crippen molar-refractivity contribution in [3.05, 3.63) is 17.5 Å². The summed E-state index contributed by atoms with van der Waals surface area (Å²) in [7, 11) is 0.915. The molecule has 0 radical (unpaired) electrons. The molecule has 0 fully saturated rings. The summed E-state index contributed by atoms with van der Waals surface area (Å²) in [6, 6.07) is 0. The van der Waals surface area contributed by atoms with Gasteiger partial charge in [-0.15, -0.1) is 0 Å². The molecule has 0 atom stereocenters. The molecule has 4 heteroatoms. The molecule has 1 aromatic heterocycles. The number of rotatable bonds is 0. The standard InChI is InChI=1S/C10H9BN2O/c1-5-7-8(12-3-11-7)6(2)9-10(5)14-4-13-9/h3-4,11H,1-2H3. The normalized spacial score (nSPS) is 13.3. The second-order valence-electron chi connectivity index (χ2n) is 3.62. The topological polar surface area (TPSA) is 38.4 Å². The fourth-order valence-electron chi connectivity index (χ4n) is 2.09. The molecule has 2 aromatic rings. The van der Waals surface area contributed by atoms with Crippen molar-refractivity contribution < 1.29 is 4.42 Å². The number of oxazole rings is 1. The Morgan fingerprint density at radius 1 is 1.29 bits per heavy atom. The van der Waals surface area contributed by atoms with E-state index in [0.29, 0.717) is 0 Å². The lowest BCUT2D eigenvalue weighted by molar-refractivity contribution is 0.600. The summed E-state index contributed by atoms with van der Waals surface area (Å²) < 4.78 is 5.39. The summed E-state index contributed by atoms with van der Waals surface area (Å²) in [4.78, 5) is 8.60. The van der Waals surface area contributed by atoms with Crippen LogP contribution in [0, 0.1) is 13.8 Å². The van der Waals surface area contributed by atoms with Gasteiger partial charge < -0.3 is 4.42 Å². The number of aryl methyl sites for hydroxylation is 2. The fourth-order valence-corrected chi connectivity index (χ4v) is 2.09. The second kappa shape index (κ2) is 2.47. The molecule has 0 unspecified atom stereocenters. The van der Waals surface area contributed by atoms with Gasteiger partial charge in [0.2, 0.25) is 7.28 Å². The summed E-state index contributed by atoms with van der Waals surface area (Å²) >= 11 is 0. The summed E-state index contributed by atoms with van der Waals surface area (Å²) in [5.41, 5.74) is 6.53. The Bertz CT molecular complexity index is 557. The third-order valence-electron chi connectivity index (χ3n) is 2.87. The van der Waals surface area contributed by atoms with Gasteiger partial charge in [0.25, 0.3) is 0 Å². The average Bonchev–Trinajstić information content (AvgIpc) is 2.82. The van der Waals surface area contributed by atoms with Gasteiger partial charge in [-0.25, -0.2) is 4.98 Å². The van der Waals surface area contributed by atoms with Crippen molar-refractivity contribution in [1.82, 2.24) is 4.98 Å². The van der Waals surface area contributed by atoms with Crippen LogP contribution in [0.5, 0.6) is 0 Å². The molecule has 0 saturated carbocycles. The molecule has 0 amide bonds. The minimum atomic E-state index is 0.909. The van der Waals surface area contributed by atoms with E-state index in [1.165, 1.54) is 17.4 Å². The van der Waals surface area contributed by atoms with Gasteiger partial charge in [-0.3, -0.25) is 4.99 Å². The molecule has 0 spiro atoms. The van der Waals surface area contributed by atoms with E-state index in [9.17, 15) is 0 Å².